The van der Waals surface area contributed by atoms with E-state index in [-0.39, 0.29) is 11.1 Å². The molecule has 1 atom stereocenters. The summed E-state index contributed by atoms with van der Waals surface area (Å²) in [6.45, 7) is 10.9. The van der Waals surface area contributed by atoms with Crippen LogP contribution < -0.4 is 0 Å². The van der Waals surface area contributed by atoms with Crippen molar-refractivity contribution in [3.05, 3.63) is 0 Å². The summed E-state index contributed by atoms with van der Waals surface area (Å²) in [6, 6.07) is 0. The maximum atomic E-state index is 5.97. The summed E-state index contributed by atoms with van der Waals surface area (Å²) in [5, 5.41) is 0. The van der Waals surface area contributed by atoms with Crippen molar-refractivity contribution in [3.8, 4) is 0 Å². The molecule has 2 aliphatic heterocycles. The van der Waals surface area contributed by atoms with Crippen LogP contribution in [0.25, 0.3) is 0 Å². The Morgan fingerprint density at radius 2 is 1.69 bits per heavy atom. The summed E-state index contributed by atoms with van der Waals surface area (Å²) in [7, 11) is 2.22. The first-order valence-corrected chi connectivity index (χ1v) is 6.28. The minimum absolute atomic E-state index is 0.219. The number of rotatable bonds is 3. The van der Waals surface area contributed by atoms with Crippen LogP contribution in [0.15, 0.2) is 0 Å². The topological polar surface area (TPSA) is 25.0 Å². The number of piperidine rings is 1. The normalized spacial score (nSPS) is 33.9. The van der Waals surface area contributed by atoms with Crippen molar-refractivity contribution in [2.75, 3.05) is 20.3 Å². The maximum absolute atomic E-state index is 5.97. The average Bonchev–Trinajstić information content (AvgIpc) is 2.93. The number of nitrogens with zero attached hydrogens (tertiary/aromatic N) is 1. The molecule has 0 bridgehead atoms. The van der Waals surface area contributed by atoms with Crippen molar-refractivity contribution in [1.82, 2.24) is 4.90 Å². The van der Waals surface area contributed by atoms with Gasteiger partial charge in [-0.3, -0.25) is 4.90 Å². The van der Waals surface area contributed by atoms with E-state index in [0.29, 0.717) is 12.2 Å². The van der Waals surface area contributed by atoms with Crippen molar-refractivity contribution in [3.63, 3.8) is 0 Å². The molecule has 0 saturated carbocycles. The van der Waals surface area contributed by atoms with Crippen LogP contribution >= 0.6 is 0 Å². The standard InChI is InChI=1S/C13H25NO2/c1-12(2)6-10(15-8-11-9-16-11)7-13(3,4)14(12)5/h10-11H,6-9H2,1-5H3. The molecule has 2 fully saturated rings. The van der Waals surface area contributed by atoms with Gasteiger partial charge in [0, 0.05) is 11.1 Å². The molecule has 0 spiro atoms. The minimum atomic E-state index is 0.219. The molecule has 94 valence electrons. The van der Waals surface area contributed by atoms with Crippen LogP contribution in [0.1, 0.15) is 40.5 Å². The number of hydrogen-bond acceptors (Lipinski definition) is 3. The van der Waals surface area contributed by atoms with Gasteiger partial charge >= 0.3 is 0 Å². The second kappa shape index (κ2) is 3.97. The van der Waals surface area contributed by atoms with Gasteiger partial charge in [-0.1, -0.05) is 0 Å². The first-order chi connectivity index (χ1) is 7.31. The molecule has 2 aliphatic rings. The second-order valence-electron chi connectivity index (χ2n) is 6.50. The lowest BCUT2D eigenvalue weighted by molar-refractivity contribution is -0.0933. The van der Waals surface area contributed by atoms with Crippen molar-refractivity contribution >= 4 is 0 Å². The van der Waals surface area contributed by atoms with Crippen LogP contribution in [0.4, 0.5) is 0 Å². The monoisotopic (exact) mass is 227 g/mol. The zero-order valence-corrected chi connectivity index (χ0v) is 11.2. The summed E-state index contributed by atoms with van der Waals surface area (Å²) in [4.78, 5) is 2.48. The molecular formula is C13H25NO2. The Morgan fingerprint density at radius 1 is 1.19 bits per heavy atom. The van der Waals surface area contributed by atoms with E-state index in [9.17, 15) is 0 Å². The second-order valence-corrected chi connectivity index (χ2v) is 6.50. The quantitative estimate of drug-likeness (QED) is 0.690. The van der Waals surface area contributed by atoms with Crippen LogP contribution in [-0.4, -0.2) is 48.4 Å². The molecule has 0 radical (unpaired) electrons. The highest BCUT2D eigenvalue weighted by atomic mass is 16.6. The molecule has 2 heterocycles. The van der Waals surface area contributed by atoms with Crippen LogP contribution in [0.3, 0.4) is 0 Å². The minimum Gasteiger partial charge on any atom is -0.375 e. The van der Waals surface area contributed by atoms with E-state index < -0.39 is 0 Å². The van der Waals surface area contributed by atoms with E-state index in [1.54, 1.807) is 0 Å². The summed E-state index contributed by atoms with van der Waals surface area (Å²) < 4.78 is 11.2. The molecule has 16 heavy (non-hydrogen) atoms. The van der Waals surface area contributed by atoms with E-state index in [0.717, 1.165) is 26.1 Å². The van der Waals surface area contributed by atoms with Gasteiger partial charge in [0.1, 0.15) is 6.10 Å². The van der Waals surface area contributed by atoms with Gasteiger partial charge in [-0.05, 0) is 47.6 Å². The molecule has 0 aliphatic carbocycles. The predicted molar refractivity (Wildman–Crippen MR) is 64.6 cm³/mol. The Labute approximate surface area is 99.1 Å². The lowest BCUT2D eigenvalue weighted by Gasteiger charge is -2.53. The third-order valence-electron chi connectivity index (χ3n) is 4.19. The summed E-state index contributed by atoms with van der Waals surface area (Å²) in [6.07, 6.45) is 2.98. The zero-order chi connectivity index (χ0) is 12.0. The van der Waals surface area contributed by atoms with Crippen molar-refractivity contribution in [2.45, 2.75) is 63.8 Å². The van der Waals surface area contributed by atoms with E-state index in [2.05, 4.69) is 39.6 Å². The van der Waals surface area contributed by atoms with Crippen LogP contribution in [0, 0.1) is 0 Å². The SMILES string of the molecule is CN1C(C)(C)CC(OCC2CO2)CC1(C)C. The van der Waals surface area contributed by atoms with Crippen molar-refractivity contribution in [2.24, 2.45) is 0 Å². The van der Waals surface area contributed by atoms with Crippen LogP contribution in [0.5, 0.6) is 0 Å². The Kier molecular flexibility index (Phi) is 3.06. The number of likely N-dealkylation sites (tertiary alicyclic amines) is 1. The van der Waals surface area contributed by atoms with Gasteiger partial charge in [0.2, 0.25) is 0 Å². The highest BCUT2D eigenvalue weighted by molar-refractivity contribution is 4.99. The fraction of sp³-hybridized carbons (Fsp3) is 1.00. The van der Waals surface area contributed by atoms with Gasteiger partial charge < -0.3 is 9.47 Å². The molecule has 0 aromatic rings. The predicted octanol–water partition coefficient (Wildman–Crippen LogP) is 2.05. The third-order valence-corrected chi connectivity index (χ3v) is 4.19. The lowest BCUT2D eigenvalue weighted by Crippen LogP contribution is -2.60. The maximum Gasteiger partial charge on any atom is 0.104 e. The molecular weight excluding hydrogens is 202 g/mol. The fourth-order valence-corrected chi connectivity index (χ4v) is 2.81. The average molecular weight is 227 g/mol. The van der Waals surface area contributed by atoms with Crippen molar-refractivity contribution < 1.29 is 9.47 Å². The van der Waals surface area contributed by atoms with E-state index in [1.807, 2.05) is 0 Å². The van der Waals surface area contributed by atoms with Gasteiger partial charge in [0.25, 0.3) is 0 Å². The summed E-state index contributed by atoms with van der Waals surface area (Å²) in [5.41, 5.74) is 0.438. The van der Waals surface area contributed by atoms with E-state index in [4.69, 9.17) is 9.47 Å². The van der Waals surface area contributed by atoms with Gasteiger partial charge in [0.05, 0.1) is 19.3 Å². The Morgan fingerprint density at radius 3 is 2.12 bits per heavy atom. The Balaban J connectivity index is 1.94. The highest BCUT2D eigenvalue weighted by Gasteiger charge is 2.43. The van der Waals surface area contributed by atoms with Gasteiger partial charge in [-0.2, -0.15) is 0 Å². The molecule has 0 amide bonds. The Bertz CT molecular complexity index is 241. The van der Waals surface area contributed by atoms with E-state index in [1.165, 1.54) is 0 Å². The van der Waals surface area contributed by atoms with Gasteiger partial charge in [-0.25, -0.2) is 0 Å². The summed E-state index contributed by atoms with van der Waals surface area (Å²) >= 11 is 0. The molecule has 0 aromatic carbocycles. The third kappa shape index (κ3) is 2.58. The summed E-state index contributed by atoms with van der Waals surface area (Å²) in [5.74, 6) is 0. The zero-order valence-electron chi connectivity index (χ0n) is 11.2. The van der Waals surface area contributed by atoms with Crippen LogP contribution in [-0.2, 0) is 9.47 Å². The van der Waals surface area contributed by atoms with E-state index >= 15 is 0 Å². The van der Waals surface area contributed by atoms with Gasteiger partial charge in [-0.15, -0.1) is 0 Å². The number of epoxide rings is 1. The smallest absolute Gasteiger partial charge is 0.104 e. The fourth-order valence-electron chi connectivity index (χ4n) is 2.81. The van der Waals surface area contributed by atoms with Crippen molar-refractivity contribution in [1.29, 1.82) is 0 Å². The van der Waals surface area contributed by atoms with Crippen LogP contribution in [0.2, 0.25) is 0 Å². The molecule has 1 unspecified atom stereocenters. The first-order valence-electron chi connectivity index (χ1n) is 6.28. The number of ether oxygens (including phenoxy) is 2. The highest BCUT2D eigenvalue weighted by Crippen LogP contribution is 2.38. The van der Waals surface area contributed by atoms with Gasteiger partial charge in [0.15, 0.2) is 0 Å². The molecule has 2 saturated heterocycles. The largest absolute Gasteiger partial charge is 0.375 e. The molecule has 0 aromatic heterocycles. The number of hydrogen-bond donors (Lipinski definition) is 0. The molecule has 3 nitrogen and oxygen atoms in total. The Hall–Kier alpha value is -0.120. The molecule has 0 N–H and O–H groups in total. The molecule has 3 heteroatoms. The lowest BCUT2D eigenvalue weighted by atomic mass is 9.79. The first kappa shape index (κ1) is 12.3. The molecule has 2 rings (SSSR count).